The lowest BCUT2D eigenvalue weighted by Gasteiger charge is -2.20. The molecule has 0 rings (SSSR count). The van der Waals surface area contributed by atoms with Gasteiger partial charge in [-0.3, -0.25) is 23.2 Å². The number of allylic oxidation sites excluding steroid dienone is 16. The van der Waals surface area contributed by atoms with Crippen molar-refractivity contribution in [2.24, 2.45) is 0 Å². The number of rotatable bonds is 40. The van der Waals surface area contributed by atoms with E-state index in [1.807, 2.05) is 31.2 Å². The van der Waals surface area contributed by atoms with Crippen molar-refractivity contribution < 1.29 is 66.7 Å². The Morgan fingerprint density at radius 3 is 1.39 bits per heavy atom. The van der Waals surface area contributed by atoms with E-state index in [1.54, 1.807) is 0 Å². The zero-order valence-corrected chi connectivity index (χ0v) is 38.8. The molecule has 0 saturated carbocycles. The number of ether oxygens (including phenoxy) is 2. The third-order valence-electron chi connectivity index (χ3n) is 8.60. The summed E-state index contributed by atoms with van der Waals surface area (Å²) in [7, 11) is -9.73. The number of unbranched alkanes of at least 4 members (excludes halogenated alkanes) is 5. The summed E-state index contributed by atoms with van der Waals surface area (Å²) in [6.07, 6.45) is 45.0. The van der Waals surface area contributed by atoms with Crippen molar-refractivity contribution in [1.82, 2.24) is 0 Å². The number of hydrogen-bond donors (Lipinski definition) is 5. The normalized spacial score (nSPS) is 15.4. The lowest BCUT2D eigenvalue weighted by molar-refractivity contribution is -0.161. The van der Waals surface area contributed by atoms with Crippen molar-refractivity contribution in [3.05, 3.63) is 97.2 Å². The Morgan fingerprint density at radius 2 is 0.919 bits per heavy atom. The van der Waals surface area contributed by atoms with Crippen LogP contribution in [0.25, 0.3) is 0 Å². The largest absolute Gasteiger partial charge is 0.472 e. The van der Waals surface area contributed by atoms with Crippen LogP contribution >= 0.6 is 15.6 Å². The molecule has 0 bridgehead atoms. The van der Waals surface area contributed by atoms with Gasteiger partial charge in [0, 0.05) is 12.8 Å². The van der Waals surface area contributed by atoms with Gasteiger partial charge >= 0.3 is 27.6 Å². The molecule has 354 valence electrons. The molecule has 16 heteroatoms. The first-order valence-electron chi connectivity index (χ1n) is 22.0. The van der Waals surface area contributed by atoms with E-state index in [0.717, 1.165) is 64.2 Å². The van der Waals surface area contributed by atoms with Gasteiger partial charge in [0.25, 0.3) is 0 Å². The van der Waals surface area contributed by atoms with Gasteiger partial charge in [-0.05, 0) is 96.3 Å². The van der Waals surface area contributed by atoms with Crippen molar-refractivity contribution >= 4 is 27.6 Å². The van der Waals surface area contributed by atoms with Crippen molar-refractivity contribution in [3.63, 3.8) is 0 Å². The summed E-state index contributed by atoms with van der Waals surface area (Å²) in [5, 5.41) is 19.3. The van der Waals surface area contributed by atoms with Crippen LogP contribution in [0.4, 0.5) is 0 Å². The molecule has 0 aromatic carbocycles. The molecule has 0 heterocycles. The van der Waals surface area contributed by atoms with E-state index in [-0.39, 0.29) is 18.9 Å². The van der Waals surface area contributed by atoms with Gasteiger partial charge in [0.05, 0.1) is 25.9 Å². The number of phosphoric acid groups is 2. The Labute approximate surface area is 371 Å². The number of aliphatic hydroxyl groups is 2. The highest BCUT2D eigenvalue weighted by Crippen LogP contribution is 2.43. The Morgan fingerprint density at radius 1 is 0.500 bits per heavy atom. The molecule has 0 spiro atoms. The minimum atomic E-state index is -4.88. The van der Waals surface area contributed by atoms with E-state index in [2.05, 4.69) is 88.9 Å². The maximum Gasteiger partial charge on any atom is 0.472 e. The third kappa shape index (κ3) is 43.6. The zero-order valence-electron chi connectivity index (χ0n) is 37.0. The van der Waals surface area contributed by atoms with E-state index in [1.165, 1.54) is 19.3 Å². The van der Waals surface area contributed by atoms with Gasteiger partial charge in [-0.1, -0.05) is 124 Å². The summed E-state index contributed by atoms with van der Waals surface area (Å²) in [5.74, 6) is -1.19. The average molecular weight is 915 g/mol. The van der Waals surface area contributed by atoms with Gasteiger partial charge in [-0.25, -0.2) is 9.13 Å². The topological polar surface area (TPSA) is 216 Å². The molecule has 0 fully saturated rings. The van der Waals surface area contributed by atoms with Gasteiger partial charge in [-0.15, -0.1) is 0 Å². The molecule has 62 heavy (non-hydrogen) atoms. The van der Waals surface area contributed by atoms with Crippen LogP contribution in [0.5, 0.6) is 0 Å². The van der Waals surface area contributed by atoms with Crippen molar-refractivity contribution in [2.75, 3.05) is 26.4 Å². The number of carbonyl (C=O) groups is 2. The van der Waals surface area contributed by atoms with Crippen molar-refractivity contribution in [2.45, 2.75) is 154 Å². The Kier molecular flexibility index (Phi) is 38.8. The molecule has 0 aliphatic rings. The molecule has 0 aliphatic heterocycles. The van der Waals surface area contributed by atoms with Gasteiger partial charge in [0.2, 0.25) is 0 Å². The lowest BCUT2D eigenvalue weighted by atomic mass is 10.1. The standard InChI is InChI=1S/C46H76O14P2/c1-3-5-6-7-8-9-10-11-12-13-14-18-21-24-27-30-33-36-45(49)56-40-44(41-59-62(54,55)58-39-43(48)38-57-61(51,52)53)60-46(50)37-34-31-28-25-22-19-16-15-17-20-23-26-29-32-35-42(47)4-2/h8-9,11-12,14,16-20,24-29,42-44,47-48H,3-7,10,13,15,21-23,30-41H2,1-2H3,(H,54,55)(H2,51,52,53)/b9-8-,12-11-,18-14-,19-16-,20-17-,27-24-,28-25-,29-26-/t42-,43+,44-/m1/s1. The van der Waals surface area contributed by atoms with Crippen LogP contribution in [0.15, 0.2) is 97.2 Å². The van der Waals surface area contributed by atoms with Crippen LogP contribution in [0.1, 0.15) is 136 Å². The fourth-order valence-corrected chi connectivity index (χ4v) is 6.23. The first kappa shape index (κ1) is 59.0. The molecule has 0 aliphatic carbocycles. The monoisotopic (exact) mass is 914 g/mol. The van der Waals surface area contributed by atoms with E-state index < -0.39 is 66.2 Å². The Hall–Kier alpha value is -3.00. The van der Waals surface area contributed by atoms with Gasteiger partial charge < -0.3 is 34.4 Å². The van der Waals surface area contributed by atoms with Gasteiger partial charge in [0.15, 0.2) is 6.10 Å². The summed E-state index contributed by atoms with van der Waals surface area (Å²) in [5.41, 5.74) is 0. The van der Waals surface area contributed by atoms with Gasteiger partial charge in [0.1, 0.15) is 12.7 Å². The third-order valence-corrected chi connectivity index (χ3v) is 10.0. The maximum atomic E-state index is 12.6. The SMILES string of the molecule is CCCCC/C=C\C/C=C\C/C=C\C/C=C\CCCC(=O)OC[C@H](COP(=O)(O)OC[C@@H](O)COP(=O)(O)O)OC(=O)CCC/C=C\C/C=C\C/C=C\C/C=C\CC[C@H](O)CC. The average Bonchev–Trinajstić information content (AvgIpc) is 3.23. The van der Waals surface area contributed by atoms with Gasteiger partial charge in [-0.2, -0.15) is 0 Å². The predicted octanol–water partition coefficient (Wildman–Crippen LogP) is 10.3. The second-order valence-corrected chi connectivity index (χ2v) is 17.1. The van der Waals surface area contributed by atoms with Crippen molar-refractivity contribution in [3.8, 4) is 0 Å². The number of carbonyl (C=O) groups excluding carboxylic acids is 2. The highest BCUT2D eigenvalue weighted by atomic mass is 31.2. The fraction of sp³-hybridized carbons (Fsp3) is 0.609. The molecule has 5 N–H and O–H groups in total. The van der Waals surface area contributed by atoms with Crippen LogP contribution in [-0.4, -0.2) is 81.6 Å². The predicted molar refractivity (Wildman–Crippen MR) is 245 cm³/mol. The molecule has 0 saturated heterocycles. The molecular formula is C46H76O14P2. The zero-order chi connectivity index (χ0) is 46.0. The molecule has 0 aromatic heterocycles. The highest BCUT2D eigenvalue weighted by Gasteiger charge is 2.28. The number of phosphoric ester groups is 2. The lowest BCUT2D eigenvalue weighted by Crippen LogP contribution is -2.29. The number of hydrogen-bond acceptors (Lipinski definition) is 11. The van der Waals surface area contributed by atoms with Crippen LogP contribution in [0, 0.1) is 0 Å². The molecular weight excluding hydrogens is 838 g/mol. The number of aliphatic hydroxyl groups excluding tert-OH is 2. The van der Waals surface area contributed by atoms with Crippen molar-refractivity contribution in [1.29, 1.82) is 0 Å². The summed E-state index contributed by atoms with van der Waals surface area (Å²) >= 11 is 0. The van der Waals surface area contributed by atoms with E-state index in [9.17, 15) is 33.8 Å². The fourth-order valence-electron chi connectivity index (χ4n) is 5.08. The quantitative estimate of drug-likeness (QED) is 0.0167. The first-order valence-corrected chi connectivity index (χ1v) is 25.0. The van der Waals surface area contributed by atoms with E-state index in [4.69, 9.17) is 23.8 Å². The number of esters is 2. The molecule has 14 nitrogen and oxygen atoms in total. The minimum Gasteiger partial charge on any atom is -0.462 e. The molecule has 0 amide bonds. The summed E-state index contributed by atoms with van der Waals surface area (Å²) in [6, 6.07) is 0. The summed E-state index contributed by atoms with van der Waals surface area (Å²) < 4.78 is 47.6. The van der Waals surface area contributed by atoms with E-state index in [0.29, 0.717) is 25.7 Å². The minimum absolute atomic E-state index is 0.0250. The second-order valence-electron chi connectivity index (χ2n) is 14.4. The molecule has 0 aromatic rings. The second kappa shape index (κ2) is 40.8. The van der Waals surface area contributed by atoms with Crippen LogP contribution in [0.3, 0.4) is 0 Å². The maximum absolute atomic E-state index is 12.6. The Bertz CT molecular complexity index is 1480. The van der Waals surface area contributed by atoms with Crippen LogP contribution < -0.4 is 0 Å². The summed E-state index contributed by atoms with van der Waals surface area (Å²) in [6.45, 7) is 1.30. The smallest absolute Gasteiger partial charge is 0.462 e. The molecule has 1 unspecified atom stereocenters. The summed E-state index contributed by atoms with van der Waals surface area (Å²) in [4.78, 5) is 52.7. The van der Waals surface area contributed by atoms with Crippen LogP contribution in [0.2, 0.25) is 0 Å². The highest BCUT2D eigenvalue weighted by molar-refractivity contribution is 7.47. The van der Waals surface area contributed by atoms with E-state index >= 15 is 0 Å². The van der Waals surface area contributed by atoms with Crippen LogP contribution in [-0.2, 0) is 41.8 Å². The Balaban J connectivity index is 4.73. The first-order chi connectivity index (χ1) is 29.8. The molecule has 0 radical (unpaired) electrons. The molecule has 4 atom stereocenters.